The van der Waals surface area contributed by atoms with E-state index in [1.165, 1.54) is 23.5 Å². The number of amidine groups is 1. The predicted molar refractivity (Wildman–Crippen MR) is 99.5 cm³/mol. The Labute approximate surface area is 145 Å². The summed E-state index contributed by atoms with van der Waals surface area (Å²) in [4.78, 5) is 0. The van der Waals surface area contributed by atoms with Crippen molar-refractivity contribution in [2.45, 2.75) is 19.6 Å². The van der Waals surface area contributed by atoms with Crippen LogP contribution in [0.25, 0.3) is 0 Å². The second-order valence-electron chi connectivity index (χ2n) is 5.02. The van der Waals surface area contributed by atoms with E-state index in [1.54, 1.807) is 6.07 Å². The number of phenolic OH excluding ortho intramolecular Hbond substituents is 1. The zero-order valence-electron chi connectivity index (χ0n) is 13.0. The van der Waals surface area contributed by atoms with Gasteiger partial charge in [-0.05, 0) is 36.6 Å². The molecule has 0 bridgehead atoms. The van der Waals surface area contributed by atoms with Gasteiger partial charge in [-0.1, -0.05) is 53.7 Å². The molecule has 2 aromatic carbocycles. The molecule has 0 saturated carbocycles. The van der Waals surface area contributed by atoms with Gasteiger partial charge in [-0.15, -0.1) is 5.10 Å². The van der Waals surface area contributed by atoms with Crippen LogP contribution in [0.4, 0.5) is 0 Å². The predicted octanol–water partition coefficient (Wildman–Crippen LogP) is 4.24. The molecular weight excluding hydrogens is 330 g/mol. The first kappa shape index (κ1) is 17.4. The van der Waals surface area contributed by atoms with Crippen molar-refractivity contribution in [2.24, 2.45) is 15.9 Å². The summed E-state index contributed by atoms with van der Waals surface area (Å²) >= 11 is 7.58. The fourth-order valence-electron chi connectivity index (χ4n) is 2.02. The number of nitrogens with zero attached hydrogens (tertiary/aromatic N) is 2. The van der Waals surface area contributed by atoms with E-state index < -0.39 is 0 Å². The summed E-state index contributed by atoms with van der Waals surface area (Å²) in [5.41, 5.74) is 9.12. The van der Waals surface area contributed by atoms with Crippen LogP contribution >= 0.6 is 23.4 Å². The maximum Gasteiger partial charge on any atom is 0.180 e. The molecule has 0 aliphatic carbocycles. The van der Waals surface area contributed by atoms with Crippen molar-refractivity contribution in [2.75, 3.05) is 0 Å². The standard InChI is InChI=1S/C17H18ClN3OS/c1-11-8-15(22)14(12(2)16(11)18)9-20-21-17(19)23-10-13-6-4-3-5-7-13/h3-9,22H,10H2,1-2H3,(H2,19,21). The Morgan fingerprint density at radius 3 is 2.70 bits per heavy atom. The number of hydrogen-bond donors (Lipinski definition) is 2. The average Bonchev–Trinajstić information content (AvgIpc) is 2.55. The number of thioether (sulfide) groups is 1. The summed E-state index contributed by atoms with van der Waals surface area (Å²) in [5.74, 6) is 0.852. The minimum atomic E-state index is 0.124. The topological polar surface area (TPSA) is 71.0 Å². The lowest BCUT2D eigenvalue weighted by molar-refractivity contribution is 0.473. The molecule has 0 aliphatic rings. The molecular formula is C17H18ClN3OS. The van der Waals surface area contributed by atoms with Crippen LogP contribution in [0.3, 0.4) is 0 Å². The number of rotatable bonds is 4. The molecule has 0 spiro atoms. The molecule has 2 rings (SSSR count). The van der Waals surface area contributed by atoms with Crippen LogP contribution in [-0.4, -0.2) is 16.5 Å². The van der Waals surface area contributed by atoms with E-state index in [1.807, 2.05) is 44.2 Å². The smallest absolute Gasteiger partial charge is 0.180 e. The fourth-order valence-corrected chi connectivity index (χ4v) is 2.79. The molecule has 4 nitrogen and oxygen atoms in total. The van der Waals surface area contributed by atoms with Crippen LogP contribution in [0.15, 0.2) is 46.6 Å². The lowest BCUT2D eigenvalue weighted by atomic mass is 10.1. The highest BCUT2D eigenvalue weighted by Crippen LogP contribution is 2.29. The molecule has 0 radical (unpaired) electrons. The highest BCUT2D eigenvalue weighted by atomic mass is 35.5. The van der Waals surface area contributed by atoms with Crippen molar-refractivity contribution in [1.82, 2.24) is 0 Å². The van der Waals surface area contributed by atoms with E-state index in [2.05, 4.69) is 10.2 Å². The zero-order valence-corrected chi connectivity index (χ0v) is 14.5. The van der Waals surface area contributed by atoms with Gasteiger partial charge in [0.1, 0.15) is 5.75 Å². The van der Waals surface area contributed by atoms with Crippen LogP contribution in [0, 0.1) is 13.8 Å². The molecule has 0 amide bonds. The number of aryl methyl sites for hydroxylation is 1. The number of hydrogen-bond acceptors (Lipinski definition) is 4. The van der Waals surface area contributed by atoms with Gasteiger partial charge in [0.2, 0.25) is 0 Å². The van der Waals surface area contributed by atoms with E-state index in [0.29, 0.717) is 15.8 Å². The van der Waals surface area contributed by atoms with Gasteiger partial charge in [0.05, 0.1) is 6.21 Å². The Morgan fingerprint density at radius 1 is 1.30 bits per heavy atom. The highest BCUT2D eigenvalue weighted by molar-refractivity contribution is 8.13. The third-order valence-electron chi connectivity index (χ3n) is 3.28. The van der Waals surface area contributed by atoms with Crippen molar-refractivity contribution < 1.29 is 5.11 Å². The second-order valence-corrected chi connectivity index (χ2v) is 6.40. The molecule has 0 fully saturated rings. The number of aromatic hydroxyl groups is 1. The first-order valence-electron chi connectivity index (χ1n) is 7.01. The first-order valence-corrected chi connectivity index (χ1v) is 8.37. The van der Waals surface area contributed by atoms with E-state index in [0.717, 1.165) is 16.9 Å². The van der Waals surface area contributed by atoms with Gasteiger partial charge in [0.15, 0.2) is 5.17 Å². The normalized spacial score (nSPS) is 12.0. The van der Waals surface area contributed by atoms with Crippen molar-refractivity contribution in [3.8, 4) is 5.75 Å². The summed E-state index contributed by atoms with van der Waals surface area (Å²) in [6.07, 6.45) is 1.46. The third kappa shape index (κ3) is 4.74. The Balaban J connectivity index is 2.04. The number of halogens is 1. The van der Waals surface area contributed by atoms with Crippen LogP contribution in [-0.2, 0) is 5.75 Å². The van der Waals surface area contributed by atoms with Gasteiger partial charge < -0.3 is 10.8 Å². The summed E-state index contributed by atoms with van der Waals surface area (Å²) in [7, 11) is 0. The van der Waals surface area contributed by atoms with Crippen LogP contribution in [0.2, 0.25) is 5.02 Å². The molecule has 0 heterocycles. The van der Waals surface area contributed by atoms with E-state index >= 15 is 0 Å². The lowest BCUT2D eigenvalue weighted by Crippen LogP contribution is -2.06. The maximum atomic E-state index is 9.98. The molecule has 2 aromatic rings. The number of benzene rings is 2. The largest absolute Gasteiger partial charge is 0.507 e. The summed E-state index contributed by atoms with van der Waals surface area (Å²) in [6, 6.07) is 11.6. The van der Waals surface area contributed by atoms with E-state index in [9.17, 15) is 5.11 Å². The maximum absolute atomic E-state index is 9.98. The Bertz CT molecular complexity index is 745. The lowest BCUT2D eigenvalue weighted by Gasteiger charge is -2.08. The van der Waals surface area contributed by atoms with Crippen LogP contribution in [0.1, 0.15) is 22.3 Å². The summed E-state index contributed by atoms with van der Waals surface area (Å²) in [6.45, 7) is 3.67. The fraction of sp³-hybridized carbons (Fsp3) is 0.176. The molecule has 0 saturated heterocycles. The van der Waals surface area contributed by atoms with Crippen molar-refractivity contribution >= 4 is 34.7 Å². The second kappa shape index (κ2) is 8.04. The summed E-state index contributed by atoms with van der Waals surface area (Å²) < 4.78 is 0. The first-order chi connectivity index (χ1) is 11.0. The van der Waals surface area contributed by atoms with Gasteiger partial charge in [-0.2, -0.15) is 5.10 Å². The molecule has 0 aliphatic heterocycles. The molecule has 0 aromatic heterocycles. The van der Waals surface area contributed by atoms with Gasteiger partial charge in [-0.25, -0.2) is 0 Å². The number of phenols is 1. The summed E-state index contributed by atoms with van der Waals surface area (Å²) in [5, 5.41) is 18.8. The average molecular weight is 348 g/mol. The van der Waals surface area contributed by atoms with Crippen LogP contribution in [0.5, 0.6) is 5.75 Å². The van der Waals surface area contributed by atoms with E-state index in [-0.39, 0.29) is 5.75 Å². The minimum absolute atomic E-state index is 0.124. The van der Waals surface area contributed by atoms with Gasteiger partial charge in [0.25, 0.3) is 0 Å². The Kier molecular flexibility index (Phi) is 6.07. The molecule has 120 valence electrons. The SMILES string of the molecule is Cc1cc(O)c(C=NN=C(N)SCc2ccccc2)c(C)c1Cl. The Hall–Kier alpha value is -1.98. The quantitative estimate of drug-likeness (QED) is 0.493. The van der Waals surface area contributed by atoms with Gasteiger partial charge >= 0.3 is 0 Å². The van der Waals surface area contributed by atoms with Crippen molar-refractivity contribution in [1.29, 1.82) is 0 Å². The van der Waals surface area contributed by atoms with Gasteiger partial charge in [0, 0.05) is 16.3 Å². The molecule has 3 N–H and O–H groups in total. The van der Waals surface area contributed by atoms with E-state index in [4.69, 9.17) is 17.3 Å². The van der Waals surface area contributed by atoms with Crippen molar-refractivity contribution in [3.63, 3.8) is 0 Å². The van der Waals surface area contributed by atoms with Crippen molar-refractivity contribution in [3.05, 3.63) is 63.7 Å². The number of nitrogens with two attached hydrogens (primary N) is 1. The monoisotopic (exact) mass is 347 g/mol. The Morgan fingerprint density at radius 2 is 2.00 bits per heavy atom. The molecule has 6 heteroatoms. The third-order valence-corrected chi connectivity index (χ3v) is 4.72. The van der Waals surface area contributed by atoms with Gasteiger partial charge in [-0.3, -0.25) is 0 Å². The molecule has 23 heavy (non-hydrogen) atoms. The molecule has 0 atom stereocenters. The zero-order chi connectivity index (χ0) is 16.8. The highest BCUT2D eigenvalue weighted by Gasteiger charge is 2.09. The minimum Gasteiger partial charge on any atom is -0.507 e. The molecule has 0 unspecified atom stereocenters. The van der Waals surface area contributed by atoms with Crippen LogP contribution < -0.4 is 5.73 Å².